The van der Waals surface area contributed by atoms with Gasteiger partial charge in [-0.25, -0.2) is 14.8 Å². The molecule has 104 valence electrons. The first-order valence-electron chi connectivity index (χ1n) is 6.09. The zero-order valence-electron chi connectivity index (χ0n) is 11.8. The van der Waals surface area contributed by atoms with Crippen LogP contribution in [0.25, 0.3) is 0 Å². The largest absolute Gasteiger partial charge is 0.442 e. The van der Waals surface area contributed by atoms with Crippen molar-refractivity contribution in [3.8, 4) is 0 Å². The van der Waals surface area contributed by atoms with Crippen molar-refractivity contribution in [1.29, 1.82) is 0 Å². The Morgan fingerprint density at radius 2 is 1.89 bits per heavy atom. The van der Waals surface area contributed by atoms with Gasteiger partial charge < -0.3 is 10.5 Å². The average molecular weight is 257 g/mol. The van der Waals surface area contributed by atoms with Gasteiger partial charge in [0.25, 0.3) is 0 Å². The fraction of sp³-hybridized carbons (Fsp3) is 0.833. The molecule has 1 fully saturated rings. The van der Waals surface area contributed by atoms with Crippen molar-refractivity contribution in [2.24, 2.45) is 5.73 Å². The zero-order chi connectivity index (χ0) is 14.1. The predicted molar refractivity (Wildman–Crippen MR) is 67.5 cm³/mol. The van der Waals surface area contributed by atoms with E-state index in [4.69, 9.17) is 10.5 Å². The van der Waals surface area contributed by atoms with E-state index in [-0.39, 0.29) is 5.91 Å². The van der Waals surface area contributed by atoms with Crippen LogP contribution < -0.4 is 5.73 Å². The summed E-state index contributed by atoms with van der Waals surface area (Å²) in [5, 5.41) is 2.72. The first-order valence-corrected chi connectivity index (χ1v) is 6.09. The van der Waals surface area contributed by atoms with Crippen LogP contribution >= 0.6 is 0 Å². The van der Waals surface area contributed by atoms with E-state index in [0.717, 1.165) is 0 Å². The first kappa shape index (κ1) is 14.8. The number of amides is 2. The van der Waals surface area contributed by atoms with Crippen molar-refractivity contribution < 1.29 is 14.3 Å². The number of carbonyl (C=O) groups is 2. The molecule has 0 aromatic rings. The van der Waals surface area contributed by atoms with Gasteiger partial charge in [0.1, 0.15) is 5.60 Å². The van der Waals surface area contributed by atoms with Crippen molar-refractivity contribution in [3.63, 3.8) is 0 Å². The lowest BCUT2D eigenvalue weighted by Gasteiger charge is -2.34. The molecule has 0 bridgehead atoms. The second-order valence-corrected chi connectivity index (χ2v) is 6.29. The third kappa shape index (κ3) is 4.18. The van der Waals surface area contributed by atoms with Gasteiger partial charge in [-0.2, -0.15) is 0 Å². The average Bonchev–Trinajstić information content (AvgIpc) is 2.42. The minimum Gasteiger partial charge on any atom is -0.442 e. The van der Waals surface area contributed by atoms with E-state index in [1.54, 1.807) is 20.8 Å². The summed E-state index contributed by atoms with van der Waals surface area (Å²) in [6.45, 7) is 9.65. The molecule has 0 aliphatic carbocycles. The lowest BCUT2D eigenvalue weighted by Crippen LogP contribution is -2.53. The molecule has 0 radical (unpaired) electrons. The van der Waals surface area contributed by atoms with Crippen LogP contribution in [0.3, 0.4) is 0 Å². The minimum absolute atomic E-state index is 0.0978. The lowest BCUT2D eigenvalue weighted by molar-refractivity contribution is -0.138. The maximum atomic E-state index is 12.0. The van der Waals surface area contributed by atoms with Crippen LogP contribution in [-0.4, -0.2) is 46.2 Å². The third-order valence-electron chi connectivity index (χ3n) is 2.28. The molecule has 0 saturated carbocycles. The molecular formula is C12H23N3O3. The van der Waals surface area contributed by atoms with E-state index >= 15 is 0 Å². The van der Waals surface area contributed by atoms with E-state index in [9.17, 15) is 9.59 Å². The monoisotopic (exact) mass is 257 g/mol. The molecule has 0 atom stereocenters. The van der Waals surface area contributed by atoms with Crippen molar-refractivity contribution in [3.05, 3.63) is 0 Å². The highest BCUT2D eigenvalue weighted by Gasteiger charge is 2.37. The summed E-state index contributed by atoms with van der Waals surface area (Å²) in [5.74, 6) is -0.0978. The predicted octanol–water partition coefficient (Wildman–Crippen LogP) is 1.11. The molecule has 0 aromatic carbocycles. The summed E-state index contributed by atoms with van der Waals surface area (Å²) in [6.07, 6.45) is -0.187. The number of hydrazine groups is 1. The summed E-state index contributed by atoms with van der Waals surface area (Å²) in [5.41, 5.74) is 4.76. The van der Waals surface area contributed by atoms with E-state index in [2.05, 4.69) is 0 Å². The zero-order valence-corrected chi connectivity index (χ0v) is 11.8. The maximum absolute atomic E-state index is 12.0. The summed E-state index contributed by atoms with van der Waals surface area (Å²) in [7, 11) is 0. The van der Waals surface area contributed by atoms with Crippen LogP contribution in [0.5, 0.6) is 0 Å². The highest BCUT2D eigenvalue weighted by molar-refractivity contribution is 5.83. The van der Waals surface area contributed by atoms with E-state index in [1.165, 1.54) is 10.0 Å². The maximum Gasteiger partial charge on any atom is 0.429 e. The Balaban J connectivity index is 2.75. The number of hydrogen-bond acceptors (Lipinski definition) is 4. The second kappa shape index (κ2) is 4.76. The van der Waals surface area contributed by atoms with Crippen molar-refractivity contribution in [2.75, 3.05) is 13.1 Å². The normalized spacial score (nSPS) is 17.3. The molecule has 0 spiro atoms. The molecule has 1 aliphatic rings. The third-order valence-corrected chi connectivity index (χ3v) is 2.28. The quantitative estimate of drug-likeness (QED) is 0.804. The number of nitrogens with zero attached hydrogens (tertiary/aromatic N) is 2. The number of hydrogen-bond donors (Lipinski definition) is 1. The van der Waals surface area contributed by atoms with Gasteiger partial charge in [-0.05, 0) is 34.6 Å². The number of nitrogens with two attached hydrogens (primary N) is 1. The van der Waals surface area contributed by atoms with Crippen LogP contribution in [0.1, 0.15) is 41.0 Å². The molecule has 0 aromatic heterocycles. The van der Waals surface area contributed by atoms with Crippen LogP contribution in [0.2, 0.25) is 0 Å². The Labute approximate surface area is 108 Å². The fourth-order valence-electron chi connectivity index (χ4n) is 1.65. The highest BCUT2D eigenvalue weighted by atomic mass is 16.6. The van der Waals surface area contributed by atoms with Gasteiger partial charge in [0, 0.05) is 12.0 Å². The Morgan fingerprint density at radius 3 is 2.33 bits per heavy atom. The van der Waals surface area contributed by atoms with Gasteiger partial charge in [0.05, 0.1) is 13.1 Å². The molecular weight excluding hydrogens is 234 g/mol. The van der Waals surface area contributed by atoms with Gasteiger partial charge in [0.15, 0.2) is 0 Å². The van der Waals surface area contributed by atoms with Crippen molar-refractivity contribution >= 4 is 12.0 Å². The molecule has 2 amide bonds. The van der Waals surface area contributed by atoms with Crippen molar-refractivity contribution in [2.45, 2.75) is 52.2 Å². The number of ether oxygens (including phenoxy) is 1. The smallest absolute Gasteiger partial charge is 0.429 e. The summed E-state index contributed by atoms with van der Waals surface area (Å²) >= 11 is 0. The Morgan fingerprint density at radius 1 is 1.33 bits per heavy atom. The topological polar surface area (TPSA) is 75.9 Å². The van der Waals surface area contributed by atoms with Crippen LogP contribution in [-0.2, 0) is 9.53 Å². The first-order chi connectivity index (χ1) is 7.99. The molecule has 2 N–H and O–H groups in total. The van der Waals surface area contributed by atoms with Crippen LogP contribution in [0, 0.1) is 0 Å². The second-order valence-electron chi connectivity index (χ2n) is 6.29. The molecule has 1 aliphatic heterocycles. The van der Waals surface area contributed by atoms with Gasteiger partial charge >= 0.3 is 6.09 Å². The molecule has 1 rings (SSSR count). The van der Waals surface area contributed by atoms with E-state index in [0.29, 0.717) is 19.5 Å². The fourth-order valence-corrected chi connectivity index (χ4v) is 1.65. The standard InChI is InChI=1S/C12H23N3O3/c1-11(2,3)18-10(17)14-7-6-9(16)15(14)8-12(4,5)13/h6-8,13H2,1-5H3. The summed E-state index contributed by atoms with van der Waals surface area (Å²) in [4.78, 5) is 23.7. The lowest BCUT2D eigenvalue weighted by atomic mass is 10.1. The van der Waals surface area contributed by atoms with Crippen LogP contribution in [0.15, 0.2) is 0 Å². The number of carbonyl (C=O) groups excluding carboxylic acids is 2. The molecule has 18 heavy (non-hydrogen) atoms. The van der Waals surface area contributed by atoms with Crippen molar-refractivity contribution in [1.82, 2.24) is 10.0 Å². The Bertz CT molecular complexity index is 341. The van der Waals surface area contributed by atoms with Gasteiger partial charge in [-0.1, -0.05) is 0 Å². The Kier molecular flexibility index (Phi) is 3.90. The summed E-state index contributed by atoms with van der Waals surface area (Å²) < 4.78 is 5.27. The van der Waals surface area contributed by atoms with Gasteiger partial charge in [0.2, 0.25) is 5.91 Å². The van der Waals surface area contributed by atoms with Gasteiger partial charge in [-0.15, -0.1) is 0 Å². The van der Waals surface area contributed by atoms with Crippen LogP contribution in [0.4, 0.5) is 4.79 Å². The summed E-state index contributed by atoms with van der Waals surface area (Å²) in [6, 6.07) is 0. The molecule has 6 nitrogen and oxygen atoms in total. The van der Waals surface area contributed by atoms with E-state index < -0.39 is 17.2 Å². The highest BCUT2D eigenvalue weighted by Crippen LogP contribution is 2.19. The van der Waals surface area contributed by atoms with Gasteiger partial charge in [-0.3, -0.25) is 4.79 Å². The SMILES string of the molecule is CC(C)(N)CN1C(=O)CCN1C(=O)OC(C)(C)C. The molecule has 6 heteroatoms. The van der Waals surface area contributed by atoms with E-state index in [1.807, 2.05) is 13.8 Å². The minimum atomic E-state index is -0.577. The molecule has 1 heterocycles. The molecule has 0 unspecified atom stereocenters. The Hall–Kier alpha value is -1.30. The molecule has 1 saturated heterocycles. The number of rotatable bonds is 2.